The Balaban J connectivity index is 2.53. The van der Waals surface area contributed by atoms with Crippen LogP contribution in [0.4, 0.5) is 0 Å². The van der Waals surface area contributed by atoms with Crippen molar-refractivity contribution in [3.05, 3.63) is 46.9 Å². The Morgan fingerprint density at radius 3 is 2.94 bits per heavy atom. The molecule has 0 fully saturated rings. The summed E-state index contributed by atoms with van der Waals surface area (Å²) in [7, 11) is 1.60. The number of nitrogens with one attached hydrogen (secondary N) is 1. The molecule has 0 spiro atoms. The van der Waals surface area contributed by atoms with Crippen LogP contribution in [0.5, 0.6) is 5.75 Å². The number of hydrogen-bond donors (Lipinski definition) is 1. The number of benzene rings is 1. The third kappa shape index (κ3) is 1.13. The molecule has 0 atom stereocenters. The van der Waals surface area contributed by atoms with Gasteiger partial charge in [-0.15, -0.1) is 0 Å². The van der Waals surface area contributed by atoms with Crippen molar-refractivity contribution < 1.29 is 4.74 Å². The first-order valence-corrected chi connectivity index (χ1v) is 4.97. The molecule has 0 amide bonds. The van der Waals surface area contributed by atoms with Crippen molar-refractivity contribution in [2.45, 2.75) is 0 Å². The molecule has 3 rings (SSSR count). The fraction of sp³-hybridized carbons (Fsp3) is 0.0833. The molecule has 4 heteroatoms. The van der Waals surface area contributed by atoms with Crippen LogP contribution in [0.1, 0.15) is 0 Å². The smallest absolute Gasteiger partial charge is 0.272 e. The van der Waals surface area contributed by atoms with Gasteiger partial charge in [-0.2, -0.15) is 0 Å². The first-order chi connectivity index (χ1) is 7.79. The lowest BCUT2D eigenvalue weighted by atomic mass is 10.3. The van der Waals surface area contributed by atoms with Crippen molar-refractivity contribution >= 4 is 16.6 Å². The van der Waals surface area contributed by atoms with E-state index < -0.39 is 0 Å². The second-order valence-corrected chi connectivity index (χ2v) is 3.60. The van der Waals surface area contributed by atoms with Crippen molar-refractivity contribution in [1.82, 2.24) is 9.38 Å². The summed E-state index contributed by atoms with van der Waals surface area (Å²) in [6, 6.07) is 9.27. The van der Waals surface area contributed by atoms with Gasteiger partial charge in [0, 0.05) is 12.3 Å². The molecular formula is C12H10N2O2. The maximum Gasteiger partial charge on any atom is 0.272 e. The van der Waals surface area contributed by atoms with Crippen LogP contribution < -0.4 is 10.3 Å². The largest absolute Gasteiger partial charge is 0.497 e. The van der Waals surface area contributed by atoms with Gasteiger partial charge >= 0.3 is 0 Å². The molecule has 0 saturated heterocycles. The number of rotatable bonds is 1. The molecule has 80 valence electrons. The Labute approximate surface area is 91.1 Å². The number of hydrogen-bond acceptors (Lipinski definition) is 2. The minimum Gasteiger partial charge on any atom is -0.497 e. The summed E-state index contributed by atoms with van der Waals surface area (Å²) >= 11 is 0. The molecule has 2 heterocycles. The molecule has 16 heavy (non-hydrogen) atoms. The lowest BCUT2D eigenvalue weighted by molar-refractivity contribution is 0.415. The summed E-state index contributed by atoms with van der Waals surface area (Å²) in [5.41, 5.74) is 2.29. The van der Waals surface area contributed by atoms with E-state index in [1.165, 1.54) is 0 Å². The standard InChI is InChI=1S/C12H10N2O2/c1-16-8-4-5-10-9(7-8)13-12(15)11-3-2-6-14(10)11/h2-7H,1H3,(H,13,15). The van der Waals surface area contributed by atoms with E-state index in [0.717, 1.165) is 16.8 Å². The van der Waals surface area contributed by atoms with Gasteiger partial charge in [0.1, 0.15) is 11.3 Å². The zero-order valence-corrected chi connectivity index (χ0v) is 8.73. The summed E-state index contributed by atoms with van der Waals surface area (Å²) in [6.45, 7) is 0. The summed E-state index contributed by atoms with van der Waals surface area (Å²) in [5.74, 6) is 0.731. The number of ether oxygens (including phenoxy) is 1. The number of H-pyrrole nitrogens is 1. The number of aromatic nitrogens is 2. The van der Waals surface area contributed by atoms with E-state index in [0.29, 0.717) is 5.52 Å². The minimum atomic E-state index is -0.0919. The van der Waals surface area contributed by atoms with E-state index in [1.807, 2.05) is 34.9 Å². The van der Waals surface area contributed by atoms with E-state index in [1.54, 1.807) is 13.2 Å². The highest BCUT2D eigenvalue weighted by atomic mass is 16.5. The fourth-order valence-electron chi connectivity index (χ4n) is 1.91. The van der Waals surface area contributed by atoms with Gasteiger partial charge in [0.05, 0.1) is 18.1 Å². The zero-order valence-electron chi connectivity index (χ0n) is 8.73. The minimum absolute atomic E-state index is 0.0919. The Morgan fingerprint density at radius 2 is 2.12 bits per heavy atom. The van der Waals surface area contributed by atoms with Crippen molar-refractivity contribution in [2.24, 2.45) is 0 Å². The van der Waals surface area contributed by atoms with Gasteiger partial charge in [0.2, 0.25) is 0 Å². The molecule has 0 unspecified atom stereocenters. The maximum atomic E-state index is 11.7. The molecule has 0 radical (unpaired) electrons. The number of methoxy groups -OCH3 is 1. The van der Waals surface area contributed by atoms with Crippen LogP contribution in [0, 0.1) is 0 Å². The Kier molecular flexibility index (Phi) is 1.77. The molecule has 0 aliphatic rings. The van der Waals surface area contributed by atoms with Gasteiger partial charge in [-0.1, -0.05) is 0 Å². The third-order valence-electron chi connectivity index (χ3n) is 2.69. The molecule has 2 aromatic heterocycles. The SMILES string of the molecule is COc1ccc2c(c1)[nH]c(=O)c1cccn12. The van der Waals surface area contributed by atoms with Gasteiger partial charge in [0.25, 0.3) is 5.56 Å². The van der Waals surface area contributed by atoms with Crippen LogP contribution in [0.15, 0.2) is 41.3 Å². The van der Waals surface area contributed by atoms with E-state index in [9.17, 15) is 4.79 Å². The van der Waals surface area contributed by atoms with Gasteiger partial charge in [-0.05, 0) is 24.3 Å². The first kappa shape index (κ1) is 9.03. The van der Waals surface area contributed by atoms with Crippen LogP contribution in [-0.2, 0) is 0 Å². The van der Waals surface area contributed by atoms with Crippen molar-refractivity contribution in [1.29, 1.82) is 0 Å². The average Bonchev–Trinajstić information content (AvgIpc) is 2.78. The van der Waals surface area contributed by atoms with E-state index in [4.69, 9.17) is 4.74 Å². The average molecular weight is 214 g/mol. The van der Waals surface area contributed by atoms with Crippen LogP contribution in [0.2, 0.25) is 0 Å². The Hall–Kier alpha value is -2.23. The van der Waals surface area contributed by atoms with E-state index in [-0.39, 0.29) is 5.56 Å². The van der Waals surface area contributed by atoms with Crippen LogP contribution in [0.3, 0.4) is 0 Å². The fourth-order valence-corrected chi connectivity index (χ4v) is 1.91. The molecule has 3 aromatic rings. The second kappa shape index (κ2) is 3.13. The monoisotopic (exact) mass is 214 g/mol. The highest BCUT2D eigenvalue weighted by molar-refractivity contribution is 5.79. The summed E-state index contributed by atoms with van der Waals surface area (Å²) in [6.07, 6.45) is 1.87. The predicted molar refractivity (Wildman–Crippen MR) is 62.1 cm³/mol. The topological polar surface area (TPSA) is 46.5 Å². The highest BCUT2D eigenvalue weighted by Crippen LogP contribution is 2.18. The molecule has 1 aromatic carbocycles. The molecule has 4 nitrogen and oxygen atoms in total. The number of fused-ring (bicyclic) bond motifs is 3. The molecule has 0 saturated carbocycles. The lowest BCUT2D eigenvalue weighted by Crippen LogP contribution is -2.09. The van der Waals surface area contributed by atoms with Crippen LogP contribution in [-0.4, -0.2) is 16.5 Å². The molecular weight excluding hydrogens is 204 g/mol. The van der Waals surface area contributed by atoms with Crippen molar-refractivity contribution in [2.75, 3.05) is 7.11 Å². The maximum absolute atomic E-state index is 11.7. The lowest BCUT2D eigenvalue weighted by Gasteiger charge is -2.04. The Bertz CT molecular complexity index is 725. The highest BCUT2D eigenvalue weighted by Gasteiger charge is 2.04. The van der Waals surface area contributed by atoms with Gasteiger partial charge in [-0.25, -0.2) is 0 Å². The Morgan fingerprint density at radius 1 is 1.25 bits per heavy atom. The third-order valence-corrected chi connectivity index (χ3v) is 2.69. The zero-order chi connectivity index (χ0) is 11.1. The van der Waals surface area contributed by atoms with Crippen molar-refractivity contribution in [3.8, 4) is 5.75 Å². The number of nitrogens with zero attached hydrogens (tertiary/aromatic N) is 1. The normalized spacial score (nSPS) is 11.1. The van der Waals surface area contributed by atoms with Crippen molar-refractivity contribution in [3.63, 3.8) is 0 Å². The van der Waals surface area contributed by atoms with E-state index >= 15 is 0 Å². The quantitative estimate of drug-likeness (QED) is 0.671. The molecule has 1 N–H and O–H groups in total. The summed E-state index contributed by atoms with van der Waals surface area (Å²) in [4.78, 5) is 14.6. The second-order valence-electron chi connectivity index (χ2n) is 3.60. The molecule has 0 aliphatic heterocycles. The van der Waals surface area contributed by atoms with E-state index in [2.05, 4.69) is 4.98 Å². The van der Waals surface area contributed by atoms with Crippen LogP contribution >= 0.6 is 0 Å². The molecule has 0 aliphatic carbocycles. The van der Waals surface area contributed by atoms with Gasteiger partial charge in [-0.3, -0.25) is 4.79 Å². The predicted octanol–water partition coefficient (Wildman–Crippen LogP) is 1.79. The van der Waals surface area contributed by atoms with Gasteiger partial charge in [0.15, 0.2) is 0 Å². The van der Waals surface area contributed by atoms with Crippen LogP contribution in [0.25, 0.3) is 16.6 Å². The molecule has 0 bridgehead atoms. The first-order valence-electron chi connectivity index (χ1n) is 4.97. The summed E-state index contributed by atoms with van der Waals surface area (Å²) in [5, 5.41) is 0. The van der Waals surface area contributed by atoms with Gasteiger partial charge < -0.3 is 14.1 Å². The number of aromatic amines is 1. The summed E-state index contributed by atoms with van der Waals surface area (Å²) < 4.78 is 6.99.